The van der Waals surface area contributed by atoms with Crippen LogP contribution in [0.15, 0.2) is 35.1 Å². The molecular weight excluding hydrogens is 220 g/mol. The summed E-state index contributed by atoms with van der Waals surface area (Å²) in [5.41, 5.74) is 5.24. The van der Waals surface area contributed by atoms with E-state index in [-0.39, 0.29) is 5.75 Å². The fraction of sp³-hybridized carbons (Fsp3) is 0.167. The fourth-order valence-electron chi connectivity index (χ4n) is 1.81. The van der Waals surface area contributed by atoms with E-state index in [9.17, 15) is 14.7 Å². The molecule has 0 aliphatic rings. The van der Waals surface area contributed by atoms with Gasteiger partial charge in [-0.05, 0) is 19.1 Å². The first-order valence-electron chi connectivity index (χ1n) is 5.15. The van der Waals surface area contributed by atoms with Gasteiger partial charge in [0.15, 0.2) is 0 Å². The molecule has 1 aromatic heterocycles. The highest BCUT2D eigenvalue weighted by Gasteiger charge is 2.16. The molecular formula is C12H12N2O3. The van der Waals surface area contributed by atoms with Gasteiger partial charge in [-0.15, -0.1) is 0 Å². The van der Waals surface area contributed by atoms with E-state index in [1.54, 1.807) is 31.2 Å². The normalized spacial score (nSPS) is 12.5. The number of benzene rings is 1. The molecule has 0 spiro atoms. The van der Waals surface area contributed by atoms with Gasteiger partial charge < -0.3 is 10.8 Å². The van der Waals surface area contributed by atoms with E-state index in [4.69, 9.17) is 5.73 Å². The standard InChI is InChI=1S/C12H12N2O3/c1-7(12(13)17)14-9-5-3-2-4-8(9)10(15)6-11(14)16/h2-7,15H,1H3,(H2,13,17). The smallest absolute Gasteiger partial charge is 0.255 e. The van der Waals surface area contributed by atoms with Crippen LogP contribution in [0, 0.1) is 0 Å². The molecule has 0 saturated heterocycles. The topological polar surface area (TPSA) is 85.3 Å². The van der Waals surface area contributed by atoms with Gasteiger partial charge in [0.2, 0.25) is 5.91 Å². The number of primary amides is 1. The second-order valence-corrected chi connectivity index (χ2v) is 3.83. The van der Waals surface area contributed by atoms with Crippen LogP contribution in [0.5, 0.6) is 5.75 Å². The zero-order chi connectivity index (χ0) is 12.6. The van der Waals surface area contributed by atoms with Gasteiger partial charge >= 0.3 is 0 Å². The van der Waals surface area contributed by atoms with Gasteiger partial charge in [-0.2, -0.15) is 0 Å². The van der Waals surface area contributed by atoms with E-state index in [1.807, 2.05) is 0 Å². The van der Waals surface area contributed by atoms with E-state index in [0.717, 1.165) is 6.07 Å². The summed E-state index contributed by atoms with van der Waals surface area (Å²) in [6, 6.07) is 7.14. The van der Waals surface area contributed by atoms with Gasteiger partial charge in [-0.1, -0.05) is 12.1 Å². The number of fused-ring (bicyclic) bond motifs is 1. The third-order valence-corrected chi connectivity index (χ3v) is 2.74. The number of carbonyl (C=O) groups excluding carboxylic acids is 1. The largest absolute Gasteiger partial charge is 0.507 e. The number of pyridine rings is 1. The van der Waals surface area contributed by atoms with E-state index in [1.165, 1.54) is 4.57 Å². The van der Waals surface area contributed by atoms with Gasteiger partial charge in [-0.25, -0.2) is 0 Å². The lowest BCUT2D eigenvalue weighted by Crippen LogP contribution is -2.31. The molecule has 0 radical (unpaired) electrons. The maximum Gasteiger partial charge on any atom is 0.255 e. The van der Waals surface area contributed by atoms with Crippen LogP contribution in [0.25, 0.3) is 10.9 Å². The third-order valence-electron chi connectivity index (χ3n) is 2.74. The summed E-state index contributed by atoms with van der Waals surface area (Å²) in [4.78, 5) is 23.0. The monoisotopic (exact) mass is 232 g/mol. The van der Waals surface area contributed by atoms with E-state index in [2.05, 4.69) is 0 Å². The second kappa shape index (κ2) is 3.93. The van der Waals surface area contributed by atoms with Crippen molar-refractivity contribution in [3.05, 3.63) is 40.7 Å². The van der Waals surface area contributed by atoms with Crippen molar-refractivity contribution in [2.45, 2.75) is 13.0 Å². The van der Waals surface area contributed by atoms with Crippen molar-refractivity contribution in [2.24, 2.45) is 5.73 Å². The number of carbonyl (C=O) groups is 1. The molecule has 2 aromatic rings. The number of nitrogens with two attached hydrogens (primary N) is 1. The van der Waals surface area contributed by atoms with Crippen molar-refractivity contribution in [1.82, 2.24) is 4.57 Å². The van der Waals surface area contributed by atoms with Gasteiger partial charge in [0.05, 0.1) is 5.52 Å². The lowest BCUT2D eigenvalue weighted by molar-refractivity contribution is -0.120. The third kappa shape index (κ3) is 1.75. The molecule has 5 heteroatoms. The van der Waals surface area contributed by atoms with E-state index >= 15 is 0 Å². The highest BCUT2D eigenvalue weighted by atomic mass is 16.3. The number of rotatable bonds is 2. The Balaban J connectivity index is 2.87. The van der Waals surface area contributed by atoms with Crippen LogP contribution in [0.2, 0.25) is 0 Å². The number of amides is 1. The molecule has 3 N–H and O–H groups in total. The average Bonchev–Trinajstić information content (AvgIpc) is 2.28. The molecule has 2 rings (SSSR count). The quantitative estimate of drug-likeness (QED) is 0.801. The van der Waals surface area contributed by atoms with Crippen molar-refractivity contribution in [2.75, 3.05) is 0 Å². The summed E-state index contributed by atoms with van der Waals surface area (Å²) < 4.78 is 1.28. The maximum atomic E-state index is 11.8. The first kappa shape index (κ1) is 11.2. The summed E-state index contributed by atoms with van der Waals surface area (Å²) in [7, 11) is 0. The molecule has 1 unspecified atom stereocenters. The molecule has 17 heavy (non-hydrogen) atoms. The van der Waals surface area contributed by atoms with E-state index < -0.39 is 17.5 Å². The van der Waals surface area contributed by atoms with Gasteiger partial charge in [0, 0.05) is 11.5 Å². The molecule has 1 atom stereocenters. The average molecular weight is 232 g/mol. The van der Waals surface area contributed by atoms with Crippen LogP contribution in [0.3, 0.4) is 0 Å². The Morgan fingerprint density at radius 2 is 2.06 bits per heavy atom. The highest BCUT2D eigenvalue weighted by Crippen LogP contribution is 2.23. The summed E-state index contributed by atoms with van der Waals surface area (Å²) in [5.74, 6) is -0.693. The number of hydrogen-bond donors (Lipinski definition) is 2. The molecule has 0 aliphatic carbocycles. The molecule has 1 heterocycles. The summed E-state index contributed by atoms with van der Waals surface area (Å²) in [6.07, 6.45) is 0. The minimum absolute atomic E-state index is 0.0986. The summed E-state index contributed by atoms with van der Waals surface area (Å²) >= 11 is 0. The Morgan fingerprint density at radius 3 is 2.71 bits per heavy atom. The van der Waals surface area contributed by atoms with Crippen molar-refractivity contribution in [3.8, 4) is 5.75 Å². The summed E-state index contributed by atoms with van der Waals surface area (Å²) in [5, 5.41) is 10.2. The number of aromatic hydroxyl groups is 1. The first-order valence-corrected chi connectivity index (χ1v) is 5.15. The van der Waals surface area contributed by atoms with E-state index in [0.29, 0.717) is 10.9 Å². The lowest BCUT2D eigenvalue weighted by Gasteiger charge is -2.15. The van der Waals surface area contributed by atoms with Crippen LogP contribution in [-0.4, -0.2) is 15.6 Å². The van der Waals surface area contributed by atoms with Crippen LogP contribution < -0.4 is 11.3 Å². The van der Waals surface area contributed by atoms with Gasteiger partial charge in [0.1, 0.15) is 11.8 Å². The van der Waals surface area contributed by atoms with Gasteiger partial charge in [-0.3, -0.25) is 14.2 Å². The van der Waals surface area contributed by atoms with Crippen LogP contribution in [0.1, 0.15) is 13.0 Å². The Morgan fingerprint density at radius 1 is 1.41 bits per heavy atom. The molecule has 88 valence electrons. The Labute approximate surface area is 97.1 Å². The van der Waals surface area contributed by atoms with Crippen LogP contribution in [-0.2, 0) is 4.79 Å². The number of hydrogen-bond acceptors (Lipinski definition) is 3. The Hall–Kier alpha value is -2.30. The molecule has 0 bridgehead atoms. The number of nitrogens with zero attached hydrogens (tertiary/aromatic N) is 1. The van der Waals surface area contributed by atoms with Crippen LogP contribution in [0.4, 0.5) is 0 Å². The van der Waals surface area contributed by atoms with Crippen LogP contribution >= 0.6 is 0 Å². The lowest BCUT2D eigenvalue weighted by atomic mass is 10.1. The number of aromatic nitrogens is 1. The molecule has 0 saturated carbocycles. The molecule has 1 amide bonds. The Kier molecular flexibility index (Phi) is 2.59. The second-order valence-electron chi connectivity index (χ2n) is 3.83. The summed E-state index contributed by atoms with van der Waals surface area (Å²) in [6.45, 7) is 1.55. The van der Waals surface area contributed by atoms with Crippen molar-refractivity contribution in [3.63, 3.8) is 0 Å². The minimum atomic E-state index is -0.756. The first-order chi connectivity index (χ1) is 8.02. The molecule has 0 fully saturated rings. The van der Waals surface area contributed by atoms with Crippen molar-refractivity contribution < 1.29 is 9.90 Å². The van der Waals surface area contributed by atoms with Crippen molar-refractivity contribution in [1.29, 1.82) is 0 Å². The molecule has 0 aliphatic heterocycles. The number of para-hydroxylation sites is 1. The predicted molar refractivity (Wildman–Crippen MR) is 63.8 cm³/mol. The Bertz CT molecular complexity index is 646. The minimum Gasteiger partial charge on any atom is -0.507 e. The molecule has 1 aromatic carbocycles. The van der Waals surface area contributed by atoms with Crippen molar-refractivity contribution >= 4 is 16.8 Å². The van der Waals surface area contributed by atoms with Gasteiger partial charge in [0.25, 0.3) is 5.56 Å². The predicted octanol–water partition coefficient (Wildman–Crippen LogP) is 0.753. The fourth-order valence-corrected chi connectivity index (χ4v) is 1.81. The highest BCUT2D eigenvalue weighted by molar-refractivity contribution is 5.87. The zero-order valence-electron chi connectivity index (χ0n) is 9.25. The zero-order valence-corrected chi connectivity index (χ0v) is 9.25. The SMILES string of the molecule is CC(C(N)=O)n1c(=O)cc(O)c2ccccc21. The maximum absolute atomic E-state index is 11.8. The molecule has 5 nitrogen and oxygen atoms in total.